The molecule has 3 rings (SSSR count). The SMILES string of the molecule is CC(C)(C)C1[C@@H](NC(=O)c2cc(N3CCCCC3)sc2NC(N)=O)CCCN1C(=O)O. The standard InChI is InChI=1S/C21H33N5O4S/c1-21(2,3)16-14(8-7-11-26(16)20(29)30)23-17(27)13-12-15(25-9-5-4-6-10-25)31-18(13)24-19(22)28/h12,14,16H,4-11H2,1-3H3,(H,23,27)(H,29,30)(H3,22,24,28)/t14-,16?/m0/s1. The molecule has 3 heterocycles. The molecule has 1 aromatic rings. The molecule has 2 atom stereocenters. The Morgan fingerprint density at radius 3 is 2.39 bits per heavy atom. The first-order chi connectivity index (χ1) is 14.6. The van der Waals surface area contributed by atoms with Crippen LogP contribution in [0, 0.1) is 5.41 Å². The zero-order chi connectivity index (χ0) is 22.8. The molecule has 31 heavy (non-hydrogen) atoms. The van der Waals surface area contributed by atoms with Gasteiger partial charge in [0.05, 0.1) is 22.6 Å². The minimum absolute atomic E-state index is 0.322. The molecule has 9 nitrogen and oxygen atoms in total. The van der Waals surface area contributed by atoms with E-state index in [1.54, 1.807) is 6.07 Å². The van der Waals surface area contributed by atoms with E-state index in [1.165, 1.54) is 22.7 Å². The van der Waals surface area contributed by atoms with Crippen molar-refractivity contribution in [2.45, 2.75) is 65.0 Å². The molecule has 0 bridgehead atoms. The van der Waals surface area contributed by atoms with Crippen LogP contribution in [-0.2, 0) is 0 Å². The Labute approximate surface area is 187 Å². The molecule has 172 valence electrons. The van der Waals surface area contributed by atoms with Crippen molar-refractivity contribution in [2.24, 2.45) is 11.1 Å². The highest BCUT2D eigenvalue weighted by atomic mass is 32.1. The summed E-state index contributed by atoms with van der Waals surface area (Å²) in [7, 11) is 0. The maximum absolute atomic E-state index is 13.3. The number of hydrogen-bond acceptors (Lipinski definition) is 5. The number of thiophene rings is 1. The normalized spacial score (nSPS) is 22.2. The predicted molar refractivity (Wildman–Crippen MR) is 122 cm³/mol. The van der Waals surface area contributed by atoms with Crippen molar-refractivity contribution in [2.75, 3.05) is 29.9 Å². The lowest BCUT2D eigenvalue weighted by Crippen LogP contribution is -2.61. The van der Waals surface area contributed by atoms with Crippen LogP contribution in [0.5, 0.6) is 0 Å². The minimum atomic E-state index is -0.974. The van der Waals surface area contributed by atoms with Crippen molar-refractivity contribution < 1.29 is 19.5 Å². The number of nitrogens with zero attached hydrogens (tertiary/aromatic N) is 2. The second-order valence-electron chi connectivity index (χ2n) is 9.37. The number of carbonyl (C=O) groups is 3. The zero-order valence-electron chi connectivity index (χ0n) is 18.4. The van der Waals surface area contributed by atoms with E-state index < -0.39 is 12.1 Å². The Morgan fingerprint density at radius 2 is 1.81 bits per heavy atom. The first kappa shape index (κ1) is 23.2. The van der Waals surface area contributed by atoms with Crippen molar-refractivity contribution in [3.8, 4) is 0 Å². The van der Waals surface area contributed by atoms with Crippen LogP contribution in [0.2, 0.25) is 0 Å². The van der Waals surface area contributed by atoms with Gasteiger partial charge in [0.2, 0.25) is 0 Å². The van der Waals surface area contributed by atoms with E-state index >= 15 is 0 Å². The molecule has 0 spiro atoms. The molecule has 10 heteroatoms. The van der Waals surface area contributed by atoms with Crippen LogP contribution in [0.15, 0.2) is 6.07 Å². The molecule has 2 saturated heterocycles. The molecule has 0 radical (unpaired) electrons. The molecule has 0 aromatic carbocycles. The highest BCUT2D eigenvalue weighted by molar-refractivity contribution is 7.20. The highest BCUT2D eigenvalue weighted by Gasteiger charge is 2.42. The summed E-state index contributed by atoms with van der Waals surface area (Å²) in [5, 5.41) is 16.7. The average Bonchev–Trinajstić information content (AvgIpc) is 3.10. The number of carboxylic acid groups (broad SMARTS) is 1. The Hall–Kier alpha value is -2.49. The molecule has 4 amide bonds. The second-order valence-corrected chi connectivity index (χ2v) is 10.4. The molecular formula is C21H33N5O4S. The fraction of sp³-hybridized carbons (Fsp3) is 0.667. The third-order valence-electron chi connectivity index (χ3n) is 5.95. The second kappa shape index (κ2) is 9.33. The number of urea groups is 1. The van der Waals surface area contributed by atoms with Gasteiger partial charge in [-0.05, 0) is 43.6 Å². The molecule has 2 aliphatic rings. The summed E-state index contributed by atoms with van der Waals surface area (Å²) in [4.78, 5) is 40.3. The molecule has 1 unspecified atom stereocenters. The van der Waals surface area contributed by atoms with Gasteiger partial charge < -0.3 is 26.0 Å². The van der Waals surface area contributed by atoms with Crippen LogP contribution in [0.25, 0.3) is 0 Å². The molecule has 2 aliphatic heterocycles. The molecule has 0 saturated carbocycles. The van der Waals surface area contributed by atoms with E-state index in [4.69, 9.17) is 5.73 Å². The maximum Gasteiger partial charge on any atom is 0.407 e. The number of nitrogens with one attached hydrogen (secondary N) is 2. The van der Waals surface area contributed by atoms with E-state index in [1.807, 2.05) is 20.8 Å². The van der Waals surface area contributed by atoms with Gasteiger partial charge >= 0.3 is 12.1 Å². The summed E-state index contributed by atoms with van der Waals surface area (Å²) in [6, 6.07) is 0.413. The summed E-state index contributed by atoms with van der Waals surface area (Å²) >= 11 is 1.35. The first-order valence-corrected chi connectivity index (χ1v) is 11.6. The lowest BCUT2D eigenvalue weighted by atomic mass is 9.77. The average molecular weight is 452 g/mol. The van der Waals surface area contributed by atoms with Crippen molar-refractivity contribution in [3.63, 3.8) is 0 Å². The summed E-state index contributed by atoms with van der Waals surface area (Å²) in [6.07, 6.45) is 3.78. The van der Waals surface area contributed by atoms with Crippen LogP contribution in [-0.4, -0.2) is 59.8 Å². The first-order valence-electron chi connectivity index (χ1n) is 10.8. The van der Waals surface area contributed by atoms with Crippen molar-refractivity contribution >= 4 is 39.4 Å². The van der Waals surface area contributed by atoms with Gasteiger partial charge in [0.15, 0.2) is 0 Å². The number of primary amides is 1. The van der Waals surface area contributed by atoms with Gasteiger partial charge in [-0.2, -0.15) is 0 Å². The van der Waals surface area contributed by atoms with E-state index in [0.29, 0.717) is 30.0 Å². The molecule has 1 aromatic heterocycles. The Bertz CT molecular complexity index is 828. The van der Waals surface area contributed by atoms with Gasteiger partial charge in [-0.1, -0.05) is 32.1 Å². The van der Waals surface area contributed by atoms with Crippen molar-refractivity contribution in [3.05, 3.63) is 11.6 Å². The Balaban J connectivity index is 1.86. The zero-order valence-corrected chi connectivity index (χ0v) is 19.3. The summed E-state index contributed by atoms with van der Waals surface area (Å²) < 4.78 is 0. The van der Waals surface area contributed by atoms with Crippen LogP contribution < -0.4 is 21.3 Å². The van der Waals surface area contributed by atoms with E-state index in [-0.39, 0.29) is 23.4 Å². The molecule has 0 aliphatic carbocycles. The maximum atomic E-state index is 13.3. The van der Waals surface area contributed by atoms with Crippen LogP contribution in [0.1, 0.15) is 63.2 Å². The van der Waals surface area contributed by atoms with E-state index in [2.05, 4.69) is 15.5 Å². The van der Waals surface area contributed by atoms with Crippen LogP contribution >= 0.6 is 11.3 Å². The van der Waals surface area contributed by atoms with Gasteiger partial charge in [0.1, 0.15) is 5.00 Å². The van der Waals surface area contributed by atoms with E-state index in [9.17, 15) is 19.5 Å². The fourth-order valence-electron chi connectivity index (χ4n) is 4.70. The lowest BCUT2D eigenvalue weighted by molar-refractivity contribution is 0.0359. The van der Waals surface area contributed by atoms with Crippen molar-refractivity contribution in [1.29, 1.82) is 0 Å². The smallest absolute Gasteiger partial charge is 0.407 e. The quantitative estimate of drug-likeness (QED) is 0.557. The van der Waals surface area contributed by atoms with Gasteiger partial charge in [0, 0.05) is 19.6 Å². The number of nitrogens with two attached hydrogens (primary N) is 1. The number of carbonyl (C=O) groups excluding carboxylic acids is 2. The molecule has 2 fully saturated rings. The third-order valence-corrected chi connectivity index (χ3v) is 7.06. The van der Waals surface area contributed by atoms with Crippen molar-refractivity contribution in [1.82, 2.24) is 10.2 Å². The Morgan fingerprint density at radius 1 is 1.13 bits per heavy atom. The molecular weight excluding hydrogens is 418 g/mol. The highest BCUT2D eigenvalue weighted by Crippen LogP contribution is 2.37. The van der Waals surface area contributed by atoms with Crippen LogP contribution in [0.4, 0.5) is 19.6 Å². The van der Waals surface area contributed by atoms with Crippen LogP contribution in [0.3, 0.4) is 0 Å². The largest absolute Gasteiger partial charge is 0.465 e. The predicted octanol–water partition coefficient (Wildman–Crippen LogP) is 3.52. The number of anilines is 2. The number of hydrogen-bond donors (Lipinski definition) is 4. The number of piperidine rings is 2. The summed E-state index contributed by atoms with van der Waals surface area (Å²) in [5.41, 5.74) is 5.35. The van der Waals surface area contributed by atoms with Gasteiger partial charge in [0.25, 0.3) is 5.91 Å². The number of likely N-dealkylation sites (tertiary alicyclic amines) is 1. The summed E-state index contributed by atoms with van der Waals surface area (Å²) in [5.74, 6) is -0.324. The lowest BCUT2D eigenvalue weighted by Gasteiger charge is -2.46. The minimum Gasteiger partial charge on any atom is -0.465 e. The molecule has 5 N–H and O–H groups in total. The van der Waals surface area contributed by atoms with Gasteiger partial charge in [-0.25, -0.2) is 9.59 Å². The number of rotatable bonds is 4. The van der Waals surface area contributed by atoms with Gasteiger partial charge in [-0.15, -0.1) is 0 Å². The number of amides is 4. The van der Waals surface area contributed by atoms with E-state index in [0.717, 1.165) is 30.9 Å². The van der Waals surface area contributed by atoms with Gasteiger partial charge in [-0.3, -0.25) is 10.1 Å². The monoisotopic (exact) mass is 451 g/mol. The topological polar surface area (TPSA) is 128 Å². The Kier molecular flexibility index (Phi) is 6.98. The summed E-state index contributed by atoms with van der Waals surface area (Å²) in [6.45, 7) is 8.24. The fourth-order valence-corrected chi connectivity index (χ4v) is 5.81. The third kappa shape index (κ3) is 5.41.